The number of esters is 1. The number of hydrogen-bond acceptors (Lipinski definition) is 5. The molecule has 1 aromatic heterocycles. The summed E-state index contributed by atoms with van der Waals surface area (Å²) in [5.41, 5.74) is 4.58. The highest BCUT2D eigenvalue weighted by atomic mass is 19.3. The summed E-state index contributed by atoms with van der Waals surface area (Å²) in [6.07, 6.45) is -2.13. The Labute approximate surface area is 96.2 Å². The molecule has 0 unspecified atom stereocenters. The number of rotatable bonds is 4. The van der Waals surface area contributed by atoms with Gasteiger partial charge < -0.3 is 15.6 Å². The molecular formula is C10H12F2N2O3. The van der Waals surface area contributed by atoms with Gasteiger partial charge in [-0.25, -0.2) is 8.78 Å². The third-order valence-electron chi connectivity index (χ3n) is 2.23. The van der Waals surface area contributed by atoms with Crippen LogP contribution in [0.2, 0.25) is 0 Å². The van der Waals surface area contributed by atoms with Crippen molar-refractivity contribution in [3.63, 3.8) is 0 Å². The number of carbonyl (C=O) groups is 1. The van der Waals surface area contributed by atoms with Gasteiger partial charge in [0.2, 0.25) is 0 Å². The second-order valence-electron chi connectivity index (χ2n) is 3.25. The Morgan fingerprint density at radius 2 is 2.29 bits per heavy atom. The molecule has 17 heavy (non-hydrogen) atoms. The molecule has 0 aliphatic rings. The number of ether oxygens (including phenoxy) is 1. The number of hydrogen-bond donors (Lipinski definition) is 2. The van der Waals surface area contributed by atoms with E-state index in [1.54, 1.807) is 0 Å². The van der Waals surface area contributed by atoms with Gasteiger partial charge >= 0.3 is 5.97 Å². The fourth-order valence-electron chi connectivity index (χ4n) is 1.34. The van der Waals surface area contributed by atoms with Crippen molar-refractivity contribution >= 4 is 5.97 Å². The van der Waals surface area contributed by atoms with Crippen LogP contribution in [0.4, 0.5) is 8.78 Å². The first kappa shape index (κ1) is 13.3. The van der Waals surface area contributed by atoms with Gasteiger partial charge in [-0.3, -0.25) is 9.78 Å². The highest BCUT2D eigenvalue weighted by Gasteiger charge is 2.22. The van der Waals surface area contributed by atoms with E-state index in [1.165, 1.54) is 0 Å². The molecule has 1 aromatic rings. The molecule has 0 spiro atoms. The number of methoxy groups -OCH3 is 1. The van der Waals surface area contributed by atoms with Crippen molar-refractivity contribution in [2.24, 2.45) is 5.73 Å². The molecular weight excluding hydrogens is 234 g/mol. The number of halogens is 2. The number of nitrogens with two attached hydrogens (primary N) is 1. The molecule has 94 valence electrons. The lowest BCUT2D eigenvalue weighted by molar-refractivity contribution is -0.139. The van der Waals surface area contributed by atoms with Gasteiger partial charge in [0.15, 0.2) is 0 Å². The van der Waals surface area contributed by atoms with Crippen molar-refractivity contribution in [1.82, 2.24) is 4.98 Å². The smallest absolute Gasteiger partial charge is 0.311 e. The topological polar surface area (TPSA) is 85.4 Å². The maximum atomic E-state index is 12.7. The Morgan fingerprint density at radius 3 is 2.76 bits per heavy atom. The summed E-state index contributed by atoms with van der Waals surface area (Å²) in [5.74, 6) is -1.37. The molecule has 1 rings (SSSR count). The SMILES string of the molecule is COC(=O)Cc1ncc(CN)c(C(F)F)c1O. The lowest BCUT2D eigenvalue weighted by atomic mass is 10.1. The molecule has 0 saturated carbocycles. The van der Waals surface area contributed by atoms with E-state index in [4.69, 9.17) is 5.73 Å². The van der Waals surface area contributed by atoms with Crippen LogP contribution < -0.4 is 5.73 Å². The Morgan fingerprint density at radius 1 is 1.65 bits per heavy atom. The van der Waals surface area contributed by atoms with Gasteiger partial charge in [0.05, 0.1) is 24.8 Å². The zero-order valence-electron chi connectivity index (χ0n) is 9.11. The first-order chi connectivity index (χ1) is 8.01. The Hall–Kier alpha value is -1.76. The van der Waals surface area contributed by atoms with Gasteiger partial charge in [0, 0.05) is 12.7 Å². The lowest BCUT2D eigenvalue weighted by Crippen LogP contribution is -2.10. The molecule has 0 amide bonds. The average molecular weight is 246 g/mol. The third-order valence-corrected chi connectivity index (χ3v) is 2.23. The standard InChI is InChI=1S/C10H12F2N2O3/c1-17-7(15)2-6-9(16)8(10(11)12)5(3-13)4-14-6/h4,10,16H,2-3,13H2,1H3. The normalized spacial score (nSPS) is 10.6. The summed E-state index contributed by atoms with van der Waals surface area (Å²) < 4.78 is 29.8. The Balaban J connectivity index is 3.18. The molecule has 0 radical (unpaired) electrons. The van der Waals surface area contributed by atoms with Gasteiger partial charge in [-0.1, -0.05) is 0 Å². The van der Waals surface area contributed by atoms with E-state index in [1.807, 2.05) is 0 Å². The van der Waals surface area contributed by atoms with E-state index in [9.17, 15) is 18.7 Å². The van der Waals surface area contributed by atoms with Crippen molar-refractivity contribution in [3.8, 4) is 5.75 Å². The van der Waals surface area contributed by atoms with Crippen LogP contribution in [-0.4, -0.2) is 23.2 Å². The zero-order chi connectivity index (χ0) is 13.0. The molecule has 0 aliphatic heterocycles. The van der Waals surface area contributed by atoms with Gasteiger partial charge in [-0.15, -0.1) is 0 Å². The van der Waals surface area contributed by atoms with E-state index < -0.39 is 23.7 Å². The van der Waals surface area contributed by atoms with Crippen molar-refractivity contribution < 1.29 is 23.4 Å². The van der Waals surface area contributed by atoms with E-state index in [0.717, 1.165) is 13.3 Å². The number of pyridine rings is 1. The summed E-state index contributed by atoms with van der Waals surface area (Å²) in [7, 11) is 1.15. The molecule has 7 heteroatoms. The average Bonchev–Trinajstić information content (AvgIpc) is 2.30. The largest absolute Gasteiger partial charge is 0.505 e. The maximum absolute atomic E-state index is 12.7. The summed E-state index contributed by atoms with van der Waals surface area (Å²) in [6.45, 7) is -0.168. The second-order valence-corrected chi connectivity index (χ2v) is 3.25. The number of alkyl halides is 2. The summed E-state index contributed by atoms with van der Waals surface area (Å²) in [6, 6.07) is 0. The van der Waals surface area contributed by atoms with Crippen molar-refractivity contribution in [1.29, 1.82) is 0 Å². The van der Waals surface area contributed by atoms with E-state index in [2.05, 4.69) is 9.72 Å². The molecule has 0 saturated heterocycles. The fraction of sp³-hybridized carbons (Fsp3) is 0.400. The number of carbonyl (C=O) groups excluding carboxylic acids is 1. The van der Waals surface area contributed by atoms with Crippen LogP contribution in [0.3, 0.4) is 0 Å². The van der Waals surface area contributed by atoms with Gasteiger partial charge in [0.25, 0.3) is 6.43 Å². The number of aromatic nitrogens is 1. The molecule has 0 aromatic carbocycles. The molecule has 3 N–H and O–H groups in total. The summed E-state index contributed by atoms with van der Waals surface area (Å²) in [4.78, 5) is 14.7. The van der Waals surface area contributed by atoms with Gasteiger partial charge in [-0.2, -0.15) is 0 Å². The first-order valence-corrected chi connectivity index (χ1v) is 4.75. The minimum Gasteiger partial charge on any atom is -0.505 e. The molecule has 0 atom stereocenters. The van der Waals surface area contributed by atoms with Crippen LogP contribution in [0.15, 0.2) is 6.20 Å². The molecule has 0 fully saturated rings. The van der Waals surface area contributed by atoms with E-state index in [0.29, 0.717) is 0 Å². The first-order valence-electron chi connectivity index (χ1n) is 4.75. The number of nitrogens with zero attached hydrogens (tertiary/aromatic N) is 1. The lowest BCUT2D eigenvalue weighted by Gasteiger charge is -2.11. The predicted octanol–water partition coefficient (Wildman–Crippen LogP) is 0.899. The minimum atomic E-state index is -2.88. The Kier molecular flexibility index (Phi) is 4.33. The van der Waals surface area contributed by atoms with Gasteiger partial charge in [0.1, 0.15) is 5.75 Å². The summed E-state index contributed by atoms with van der Waals surface area (Å²) in [5, 5.41) is 9.61. The van der Waals surface area contributed by atoms with E-state index >= 15 is 0 Å². The molecule has 1 heterocycles. The van der Waals surface area contributed by atoms with Crippen LogP contribution in [0.1, 0.15) is 23.2 Å². The quantitative estimate of drug-likeness (QED) is 0.771. The molecule has 5 nitrogen and oxygen atoms in total. The monoisotopic (exact) mass is 246 g/mol. The second kappa shape index (κ2) is 5.53. The van der Waals surface area contributed by atoms with Crippen molar-refractivity contribution in [2.75, 3.05) is 7.11 Å². The van der Waals surface area contributed by atoms with Crippen LogP contribution in [0.25, 0.3) is 0 Å². The van der Waals surface area contributed by atoms with Gasteiger partial charge in [-0.05, 0) is 5.56 Å². The van der Waals surface area contributed by atoms with Crippen LogP contribution in [0, 0.1) is 0 Å². The van der Waals surface area contributed by atoms with Crippen molar-refractivity contribution in [3.05, 3.63) is 23.0 Å². The van der Waals surface area contributed by atoms with E-state index in [-0.39, 0.29) is 24.2 Å². The fourth-order valence-corrected chi connectivity index (χ4v) is 1.34. The third kappa shape index (κ3) is 2.88. The number of aromatic hydroxyl groups is 1. The highest BCUT2D eigenvalue weighted by molar-refractivity contribution is 5.73. The van der Waals surface area contributed by atoms with Crippen LogP contribution in [-0.2, 0) is 22.5 Å². The van der Waals surface area contributed by atoms with Crippen LogP contribution in [0.5, 0.6) is 5.75 Å². The van der Waals surface area contributed by atoms with Crippen molar-refractivity contribution in [2.45, 2.75) is 19.4 Å². The Bertz CT molecular complexity index is 424. The summed E-state index contributed by atoms with van der Waals surface area (Å²) >= 11 is 0. The zero-order valence-corrected chi connectivity index (χ0v) is 9.11. The highest BCUT2D eigenvalue weighted by Crippen LogP contribution is 2.33. The molecule has 0 bridgehead atoms. The van der Waals surface area contributed by atoms with Crippen LogP contribution >= 0.6 is 0 Å². The molecule has 0 aliphatic carbocycles. The maximum Gasteiger partial charge on any atom is 0.311 e. The minimum absolute atomic E-state index is 0.0473. The predicted molar refractivity (Wildman–Crippen MR) is 54.5 cm³/mol.